The van der Waals surface area contributed by atoms with Crippen LogP contribution in [0.4, 0.5) is 11.5 Å². The highest BCUT2D eigenvalue weighted by molar-refractivity contribution is 7.20. The number of halogens is 1. The third kappa shape index (κ3) is 2.73. The molecule has 128 valence electrons. The van der Waals surface area contributed by atoms with Gasteiger partial charge in [0.25, 0.3) is 0 Å². The number of hydrogen-bond donors (Lipinski definition) is 1. The zero-order valence-electron chi connectivity index (χ0n) is 13.3. The number of nitrogens with one attached hydrogen (secondary N) is 1. The van der Waals surface area contributed by atoms with Crippen LogP contribution in [-0.4, -0.2) is 29.8 Å². The second-order valence-electron chi connectivity index (χ2n) is 5.26. The molecule has 3 heterocycles. The highest BCUT2D eigenvalue weighted by Crippen LogP contribution is 2.38. The quantitative estimate of drug-likeness (QED) is 0.547. The lowest BCUT2D eigenvalue weighted by Gasteiger charge is -2.09. The number of thiophene rings is 1. The number of anilines is 2. The van der Waals surface area contributed by atoms with Crippen LogP contribution in [0.15, 0.2) is 18.2 Å². The number of carbonyl (C=O) groups excluding carboxylic acids is 1. The minimum Gasteiger partial charge on any atom is -0.465 e. The fraction of sp³-hybridized carbons (Fsp3) is 0.188. The molecule has 1 aromatic carbocycles. The van der Waals surface area contributed by atoms with Crippen molar-refractivity contribution in [1.29, 1.82) is 0 Å². The van der Waals surface area contributed by atoms with Crippen molar-refractivity contribution in [1.82, 2.24) is 9.97 Å². The van der Waals surface area contributed by atoms with E-state index in [2.05, 4.69) is 15.3 Å². The van der Waals surface area contributed by atoms with Gasteiger partial charge in [0.2, 0.25) is 12.1 Å². The number of aryl methyl sites for hydroxylation is 1. The third-order valence-corrected chi connectivity index (χ3v) is 5.10. The van der Waals surface area contributed by atoms with Gasteiger partial charge in [-0.1, -0.05) is 0 Å². The van der Waals surface area contributed by atoms with Crippen LogP contribution >= 0.6 is 22.9 Å². The molecule has 0 aliphatic carbocycles. The Kier molecular flexibility index (Phi) is 3.85. The van der Waals surface area contributed by atoms with Gasteiger partial charge in [-0.2, -0.15) is 4.98 Å². The van der Waals surface area contributed by atoms with Crippen molar-refractivity contribution in [2.24, 2.45) is 0 Å². The van der Waals surface area contributed by atoms with E-state index in [0.29, 0.717) is 27.0 Å². The van der Waals surface area contributed by atoms with Crippen molar-refractivity contribution >= 4 is 50.6 Å². The molecule has 1 N–H and O–H groups in total. The van der Waals surface area contributed by atoms with Gasteiger partial charge in [0.15, 0.2) is 11.5 Å². The summed E-state index contributed by atoms with van der Waals surface area (Å²) in [6.45, 7) is 2.03. The van der Waals surface area contributed by atoms with E-state index in [4.69, 9.17) is 25.8 Å². The first kappa shape index (κ1) is 15.9. The summed E-state index contributed by atoms with van der Waals surface area (Å²) in [6.07, 6.45) is 0. The first-order valence-electron chi connectivity index (χ1n) is 7.28. The lowest BCUT2D eigenvalue weighted by atomic mass is 10.2. The molecule has 4 rings (SSSR count). The molecule has 7 nitrogen and oxygen atoms in total. The third-order valence-electron chi connectivity index (χ3n) is 3.77. The molecule has 0 bridgehead atoms. The lowest BCUT2D eigenvalue weighted by Crippen LogP contribution is -2.00. The second-order valence-corrected chi connectivity index (χ2v) is 6.60. The van der Waals surface area contributed by atoms with E-state index in [1.807, 2.05) is 25.1 Å². The molecule has 0 radical (unpaired) electrons. The van der Waals surface area contributed by atoms with E-state index in [1.165, 1.54) is 18.4 Å². The number of methoxy groups -OCH3 is 1. The Labute approximate surface area is 151 Å². The fourth-order valence-corrected chi connectivity index (χ4v) is 3.92. The van der Waals surface area contributed by atoms with E-state index in [0.717, 1.165) is 16.6 Å². The zero-order valence-corrected chi connectivity index (χ0v) is 14.8. The molecule has 0 unspecified atom stereocenters. The van der Waals surface area contributed by atoms with E-state index in [-0.39, 0.29) is 12.1 Å². The number of fused-ring (bicyclic) bond motifs is 2. The smallest absolute Gasteiger partial charge is 0.348 e. The van der Waals surface area contributed by atoms with Crippen LogP contribution < -0.4 is 14.8 Å². The summed E-state index contributed by atoms with van der Waals surface area (Å²) in [6, 6.07) is 5.47. The molecule has 1 aliphatic rings. The maximum Gasteiger partial charge on any atom is 0.348 e. The van der Waals surface area contributed by atoms with Gasteiger partial charge in [-0.25, -0.2) is 9.78 Å². The van der Waals surface area contributed by atoms with Crippen LogP contribution in [0.5, 0.6) is 11.5 Å². The highest BCUT2D eigenvalue weighted by Gasteiger charge is 2.21. The molecule has 1 aliphatic heterocycles. The Hall–Kier alpha value is -2.58. The van der Waals surface area contributed by atoms with Gasteiger partial charge >= 0.3 is 5.97 Å². The average Bonchev–Trinajstić information content (AvgIpc) is 3.18. The van der Waals surface area contributed by atoms with Crippen LogP contribution in [0.3, 0.4) is 0 Å². The minimum absolute atomic E-state index is 0.0911. The molecular weight excluding hydrogens is 366 g/mol. The van der Waals surface area contributed by atoms with Crippen molar-refractivity contribution in [3.8, 4) is 11.5 Å². The number of esters is 1. The molecule has 9 heteroatoms. The van der Waals surface area contributed by atoms with Gasteiger partial charge in [0.1, 0.15) is 15.5 Å². The van der Waals surface area contributed by atoms with E-state index in [9.17, 15) is 4.79 Å². The summed E-state index contributed by atoms with van der Waals surface area (Å²) in [4.78, 5) is 21.5. The summed E-state index contributed by atoms with van der Waals surface area (Å²) >= 11 is 7.26. The number of benzene rings is 1. The molecule has 0 atom stereocenters. The molecule has 0 fully saturated rings. The molecule has 0 amide bonds. The minimum atomic E-state index is -0.411. The number of nitrogens with zero attached hydrogens (tertiary/aromatic N) is 2. The molecule has 0 spiro atoms. The Morgan fingerprint density at radius 2 is 2.12 bits per heavy atom. The summed E-state index contributed by atoms with van der Waals surface area (Å²) in [7, 11) is 1.34. The normalized spacial score (nSPS) is 12.4. The fourth-order valence-electron chi connectivity index (χ4n) is 2.60. The van der Waals surface area contributed by atoms with Crippen LogP contribution in [0, 0.1) is 6.92 Å². The topological polar surface area (TPSA) is 82.6 Å². The maximum absolute atomic E-state index is 11.9. The number of aromatic nitrogens is 2. The first-order chi connectivity index (χ1) is 12.1. The van der Waals surface area contributed by atoms with Gasteiger partial charge in [-0.05, 0) is 36.2 Å². The highest BCUT2D eigenvalue weighted by atomic mass is 35.5. The summed E-state index contributed by atoms with van der Waals surface area (Å²) in [5.74, 6) is 1.44. The van der Waals surface area contributed by atoms with Crippen molar-refractivity contribution in [3.63, 3.8) is 0 Å². The van der Waals surface area contributed by atoms with Gasteiger partial charge in [0, 0.05) is 11.8 Å². The van der Waals surface area contributed by atoms with Crippen molar-refractivity contribution in [3.05, 3.63) is 33.9 Å². The summed E-state index contributed by atoms with van der Waals surface area (Å²) in [5, 5.41) is 4.03. The average molecular weight is 378 g/mol. The van der Waals surface area contributed by atoms with E-state index < -0.39 is 5.97 Å². The summed E-state index contributed by atoms with van der Waals surface area (Å²) in [5.41, 5.74) is 1.50. The van der Waals surface area contributed by atoms with Crippen molar-refractivity contribution < 1.29 is 19.0 Å². The van der Waals surface area contributed by atoms with Crippen molar-refractivity contribution in [2.75, 3.05) is 19.2 Å². The molecule has 25 heavy (non-hydrogen) atoms. The molecule has 0 saturated carbocycles. The SMILES string of the molecule is COC(=O)c1sc2nc(Cl)nc(Nc3ccc4c(c3)OCO4)c2c1C. The van der Waals surface area contributed by atoms with E-state index in [1.54, 1.807) is 0 Å². The van der Waals surface area contributed by atoms with Gasteiger partial charge in [-0.15, -0.1) is 11.3 Å². The van der Waals surface area contributed by atoms with Gasteiger partial charge in [-0.3, -0.25) is 0 Å². The first-order valence-corrected chi connectivity index (χ1v) is 8.48. The molecule has 2 aromatic heterocycles. The van der Waals surface area contributed by atoms with Gasteiger partial charge < -0.3 is 19.5 Å². The molecule has 0 saturated heterocycles. The monoisotopic (exact) mass is 377 g/mol. The maximum atomic E-state index is 11.9. The van der Waals surface area contributed by atoms with Crippen LogP contribution in [0.25, 0.3) is 10.2 Å². The number of rotatable bonds is 3. The second kappa shape index (κ2) is 6.05. The number of ether oxygens (including phenoxy) is 3. The lowest BCUT2D eigenvalue weighted by molar-refractivity contribution is 0.0605. The standard InChI is InChI=1S/C16H12ClN3O4S/c1-7-11-13(18-8-3-4-9-10(5-8)24-6-23-9)19-16(17)20-14(11)25-12(7)15(21)22-2/h3-5H,6H2,1-2H3,(H,18,19,20). The number of hydrogen-bond acceptors (Lipinski definition) is 8. The zero-order chi connectivity index (χ0) is 17.6. The Morgan fingerprint density at radius 1 is 1.32 bits per heavy atom. The Balaban J connectivity index is 1.81. The van der Waals surface area contributed by atoms with Crippen molar-refractivity contribution in [2.45, 2.75) is 6.92 Å². The van der Waals surface area contributed by atoms with E-state index >= 15 is 0 Å². The summed E-state index contributed by atoms with van der Waals surface area (Å²) < 4.78 is 15.5. The Bertz CT molecular complexity index is 1000. The predicted molar refractivity (Wildman–Crippen MR) is 94.3 cm³/mol. The van der Waals surface area contributed by atoms with Crippen LogP contribution in [0.1, 0.15) is 15.2 Å². The van der Waals surface area contributed by atoms with Gasteiger partial charge in [0.05, 0.1) is 12.5 Å². The number of carbonyl (C=O) groups is 1. The van der Waals surface area contributed by atoms with Crippen LogP contribution in [0.2, 0.25) is 5.28 Å². The Morgan fingerprint density at radius 3 is 2.92 bits per heavy atom. The predicted octanol–water partition coefficient (Wildman–Crippen LogP) is 3.91. The molecular formula is C16H12ClN3O4S. The largest absolute Gasteiger partial charge is 0.465 e. The van der Waals surface area contributed by atoms with Crippen LogP contribution in [-0.2, 0) is 4.74 Å². The molecule has 3 aromatic rings.